The zero-order chi connectivity index (χ0) is 14.5. The molecule has 0 fully saturated rings. The molecular weight excluding hydrogens is 328 g/mol. The van der Waals surface area contributed by atoms with Crippen LogP contribution in [0.4, 0.5) is 5.69 Å². The number of carbonyl (C=O) groups is 1. The molecule has 2 aromatic rings. The lowest BCUT2D eigenvalue weighted by atomic mass is 10.2. The van der Waals surface area contributed by atoms with Crippen molar-refractivity contribution < 1.29 is 14.5 Å². The normalized spacial score (nSPS) is 10.1. The van der Waals surface area contributed by atoms with Gasteiger partial charge in [0.15, 0.2) is 6.29 Å². The summed E-state index contributed by atoms with van der Waals surface area (Å²) in [6, 6.07) is 7.64. The number of benzene rings is 1. The molecule has 0 atom stereocenters. The lowest BCUT2D eigenvalue weighted by Crippen LogP contribution is -1.98. The molecule has 0 aliphatic rings. The monoisotopic (exact) mass is 336 g/mol. The molecule has 1 heterocycles. The minimum absolute atomic E-state index is 0.0117. The quantitative estimate of drug-likeness (QED) is 0.475. The van der Waals surface area contributed by atoms with Crippen LogP contribution in [-0.4, -0.2) is 16.2 Å². The number of aldehydes is 1. The fourth-order valence-electron chi connectivity index (χ4n) is 1.47. The van der Waals surface area contributed by atoms with E-state index in [0.717, 1.165) is 5.56 Å². The summed E-state index contributed by atoms with van der Waals surface area (Å²) in [5, 5.41) is 10.6. The minimum Gasteiger partial charge on any atom is -0.487 e. The lowest BCUT2D eigenvalue weighted by molar-refractivity contribution is -0.384. The van der Waals surface area contributed by atoms with Gasteiger partial charge < -0.3 is 4.74 Å². The predicted molar refractivity (Wildman–Crippen MR) is 74.8 cm³/mol. The molecule has 0 saturated heterocycles. The largest absolute Gasteiger partial charge is 0.487 e. The van der Waals surface area contributed by atoms with E-state index in [4.69, 9.17) is 4.74 Å². The first-order valence-electron chi connectivity index (χ1n) is 5.57. The highest BCUT2D eigenvalue weighted by molar-refractivity contribution is 9.10. The Morgan fingerprint density at radius 3 is 2.70 bits per heavy atom. The Hall–Kier alpha value is -2.28. The zero-order valence-corrected chi connectivity index (χ0v) is 11.7. The van der Waals surface area contributed by atoms with E-state index < -0.39 is 4.92 Å². The number of non-ortho nitro benzene ring substituents is 1. The fraction of sp³-hybridized carbons (Fsp3) is 0.0769. The van der Waals surface area contributed by atoms with E-state index in [1.807, 2.05) is 0 Å². The van der Waals surface area contributed by atoms with E-state index >= 15 is 0 Å². The van der Waals surface area contributed by atoms with Gasteiger partial charge in [-0.3, -0.25) is 14.9 Å². The van der Waals surface area contributed by atoms with Crippen molar-refractivity contribution in [2.75, 3.05) is 0 Å². The van der Waals surface area contributed by atoms with Gasteiger partial charge in [-0.25, -0.2) is 4.98 Å². The van der Waals surface area contributed by atoms with Crippen molar-refractivity contribution in [3.8, 4) is 5.75 Å². The van der Waals surface area contributed by atoms with Gasteiger partial charge in [0.2, 0.25) is 0 Å². The van der Waals surface area contributed by atoms with Crippen LogP contribution in [0.25, 0.3) is 0 Å². The molecule has 2 rings (SSSR count). The van der Waals surface area contributed by atoms with Crippen molar-refractivity contribution in [2.24, 2.45) is 0 Å². The average molecular weight is 337 g/mol. The predicted octanol–water partition coefficient (Wildman–Crippen LogP) is 3.14. The molecule has 0 spiro atoms. The number of nitro groups is 1. The van der Waals surface area contributed by atoms with E-state index in [-0.39, 0.29) is 12.3 Å². The summed E-state index contributed by atoms with van der Waals surface area (Å²) in [7, 11) is 0. The maximum absolute atomic E-state index is 10.6. The summed E-state index contributed by atoms with van der Waals surface area (Å²) in [6.07, 6.45) is 2.10. The molecule has 1 aromatic carbocycles. The Labute approximate surface area is 122 Å². The number of carbonyl (C=O) groups excluding carboxylic acids is 1. The van der Waals surface area contributed by atoms with Gasteiger partial charge in [0.1, 0.15) is 18.1 Å². The second kappa shape index (κ2) is 6.25. The van der Waals surface area contributed by atoms with Crippen LogP contribution < -0.4 is 4.74 Å². The molecule has 102 valence electrons. The number of nitro benzene ring substituents is 1. The Balaban J connectivity index is 2.06. The van der Waals surface area contributed by atoms with Crippen molar-refractivity contribution in [3.63, 3.8) is 0 Å². The van der Waals surface area contributed by atoms with Gasteiger partial charge in [-0.05, 0) is 18.2 Å². The highest BCUT2D eigenvalue weighted by atomic mass is 79.9. The second-order valence-corrected chi connectivity index (χ2v) is 4.71. The van der Waals surface area contributed by atoms with Crippen LogP contribution in [0.3, 0.4) is 0 Å². The Morgan fingerprint density at radius 1 is 1.35 bits per heavy atom. The number of aromatic nitrogens is 1. The molecule has 0 unspecified atom stereocenters. The summed E-state index contributed by atoms with van der Waals surface area (Å²) >= 11 is 3.27. The lowest BCUT2D eigenvalue weighted by Gasteiger charge is -2.07. The average Bonchev–Trinajstić information content (AvgIpc) is 2.46. The van der Waals surface area contributed by atoms with Gasteiger partial charge in [-0.1, -0.05) is 15.9 Å². The molecule has 0 bridgehead atoms. The van der Waals surface area contributed by atoms with Crippen LogP contribution in [0.2, 0.25) is 0 Å². The third-order valence-corrected chi connectivity index (χ3v) is 3.26. The van der Waals surface area contributed by atoms with E-state index in [0.29, 0.717) is 22.2 Å². The number of nitrogens with zero attached hydrogens (tertiary/aromatic N) is 2. The molecule has 1 aromatic heterocycles. The molecule has 20 heavy (non-hydrogen) atoms. The first kappa shape index (κ1) is 14.1. The highest BCUT2D eigenvalue weighted by Gasteiger charge is 2.09. The minimum atomic E-state index is -0.461. The maximum Gasteiger partial charge on any atom is 0.270 e. The molecule has 0 aliphatic heterocycles. The number of pyridine rings is 1. The van der Waals surface area contributed by atoms with Crippen LogP contribution in [0.1, 0.15) is 16.1 Å². The number of rotatable bonds is 5. The summed E-state index contributed by atoms with van der Waals surface area (Å²) in [6.45, 7) is 0.237. The Bertz CT molecular complexity index is 643. The van der Waals surface area contributed by atoms with Crippen LogP contribution in [0.5, 0.6) is 5.75 Å². The number of halogens is 1. The van der Waals surface area contributed by atoms with Gasteiger partial charge in [0.25, 0.3) is 5.69 Å². The van der Waals surface area contributed by atoms with Crippen LogP contribution in [0.15, 0.2) is 41.0 Å². The second-order valence-electron chi connectivity index (χ2n) is 3.86. The van der Waals surface area contributed by atoms with Gasteiger partial charge >= 0.3 is 0 Å². The van der Waals surface area contributed by atoms with E-state index in [9.17, 15) is 14.9 Å². The first-order valence-corrected chi connectivity index (χ1v) is 6.36. The third kappa shape index (κ3) is 3.39. The molecule has 0 amide bonds. The molecule has 0 saturated carbocycles. The first-order chi connectivity index (χ1) is 9.60. The Morgan fingerprint density at radius 2 is 2.15 bits per heavy atom. The topological polar surface area (TPSA) is 82.3 Å². The van der Waals surface area contributed by atoms with Crippen LogP contribution >= 0.6 is 15.9 Å². The molecule has 7 heteroatoms. The van der Waals surface area contributed by atoms with Crippen molar-refractivity contribution in [1.29, 1.82) is 0 Å². The fourth-order valence-corrected chi connectivity index (χ4v) is 1.96. The summed E-state index contributed by atoms with van der Waals surface area (Å²) in [5.74, 6) is 0.515. The number of ether oxygens (including phenoxy) is 1. The van der Waals surface area contributed by atoms with E-state index in [2.05, 4.69) is 20.9 Å². The van der Waals surface area contributed by atoms with Crippen LogP contribution in [-0.2, 0) is 6.61 Å². The Kier molecular flexibility index (Phi) is 4.41. The SMILES string of the molecule is O=Cc1ccc(OCc2ccc([N+](=O)[O-])cc2Br)cn1. The standard InChI is InChI=1S/C13H9BrN2O4/c14-13-5-11(16(18)19)3-1-9(13)8-20-12-4-2-10(7-17)15-6-12/h1-7H,8H2. The van der Waals surface area contributed by atoms with Crippen LogP contribution in [0, 0.1) is 10.1 Å². The third-order valence-electron chi connectivity index (χ3n) is 2.52. The van der Waals surface area contributed by atoms with Gasteiger partial charge in [-0.2, -0.15) is 0 Å². The van der Waals surface area contributed by atoms with Gasteiger partial charge in [0, 0.05) is 22.2 Å². The van der Waals surface area contributed by atoms with Gasteiger partial charge in [0.05, 0.1) is 11.1 Å². The van der Waals surface area contributed by atoms with E-state index in [1.165, 1.54) is 18.3 Å². The van der Waals surface area contributed by atoms with Crippen molar-refractivity contribution in [3.05, 3.63) is 62.4 Å². The molecule has 0 radical (unpaired) electrons. The number of hydrogen-bond donors (Lipinski definition) is 0. The smallest absolute Gasteiger partial charge is 0.270 e. The number of hydrogen-bond acceptors (Lipinski definition) is 5. The van der Waals surface area contributed by atoms with Crippen molar-refractivity contribution >= 4 is 27.9 Å². The molecule has 6 nitrogen and oxygen atoms in total. The maximum atomic E-state index is 10.6. The highest BCUT2D eigenvalue weighted by Crippen LogP contribution is 2.24. The molecular formula is C13H9BrN2O4. The van der Waals surface area contributed by atoms with E-state index in [1.54, 1.807) is 18.2 Å². The van der Waals surface area contributed by atoms with Crippen molar-refractivity contribution in [2.45, 2.75) is 6.61 Å². The summed E-state index contributed by atoms with van der Waals surface area (Å²) in [5.41, 5.74) is 1.11. The summed E-state index contributed by atoms with van der Waals surface area (Å²) in [4.78, 5) is 24.5. The van der Waals surface area contributed by atoms with Gasteiger partial charge in [-0.15, -0.1) is 0 Å². The molecule has 0 aliphatic carbocycles. The van der Waals surface area contributed by atoms with Crippen molar-refractivity contribution in [1.82, 2.24) is 4.98 Å². The molecule has 0 N–H and O–H groups in total. The zero-order valence-electron chi connectivity index (χ0n) is 10.2. The summed E-state index contributed by atoms with van der Waals surface area (Å²) < 4.78 is 6.10.